The van der Waals surface area contributed by atoms with Gasteiger partial charge in [0.2, 0.25) is 0 Å². The summed E-state index contributed by atoms with van der Waals surface area (Å²) in [4.78, 5) is 0. The molecule has 1 aromatic carbocycles. The molecule has 0 bridgehead atoms. The second-order valence-corrected chi connectivity index (χ2v) is 7.32. The summed E-state index contributed by atoms with van der Waals surface area (Å²) < 4.78 is 0.230. The number of thioether (sulfide) groups is 1. The average Bonchev–Trinajstić information content (AvgIpc) is 2.78. The number of nitrogens with two attached hydrogens (primary N) is 1. The van der Waals surface area contributed by atoms with Crippen LogP contribution >= 0.6 is 11.8 Å². The van der Waals surface area contributed by atoms with Crippen LogP contribution in [0.5, 0.6) is 0 Å². The Kier molecular flexibility index (Phi) is 4.36. The predicted octanol–water partition coefficient (Wildman–Crippen LogP) is 3.60. The Labute approximate surface area is 115 Å². The van der Waals surface area contributed by atoms with Gasteiger partial charge in [-0.25, -0.2) is 0 Å². The number of hydrogen-bond donors (Lipinski definition) is 2. The molecule has 0 amide bonds. The third kappa shape index (κ3) is 2.73. The minimum Gasteiger partial charge on any atom is -0.271 e. The van der Waals surface area contributed by atoms with Gasteiger partial charge in [0.1, 0.15) is 0 Å². The topological polar surface area (TPSA) is 38.0 Å². The largest absolute Gasteiger partial charge is 0.271 e. The standard InChI is InChI=1S/C15H24N2S/c1-11(2)12-5-7-13(8-6-12)14(17-16)15(3)9-4-10-18-15/h5-8,11,14,17H,4,9-10,16H2,1-3H3. The van der Waals surface area contributed by atoms with Gasteiger partial charge in [-0.2, -0.15) is 11.8 Å². The van der Waals surface area contributed by atoms with Crippen LogP contribution in [0.15, 0.2) is 24.3 Å². The molecule has 100 valence electrons. The lowest BCUT2D eigenvalue weighted by molar-refractivity contribution is 0.421. The zero-order valence-electron chi connectivity index (χ0n) is 11.6. The van der Waals surface area contributed by atoms with Gasteiger partial charge >= 0.3 is 0 Å². The molecule has 3 N–H and O–H groups in total. The van der Waals surface area contributed by atoms with E-state index in [-0.39, 0.29) is 10.8 Å². The number of hydrazine groups is 1. The van der Waals surface area contributed by atoms with Gasteiger partial charge in [-0.15, -0.1) is 0 Å². The SMILES string of the molecule is CC(C)c1ccc(C(NN)C2(C)CCCS2)cc1. The maximum absolute atomic E-state index is 5.80. The second-order valence-electron chi connectivity index (χ2n) is 5.69. The Morgan fingerprint density at radius 3 is 2.28 bits per heavy atom. The van der Waals surface area contributed by atoms with Crippen molar-refractivity contribution < 1.29 is 0 Å². The molecular formula is C15H24N2S. The Bertz CT molecular complexity index is 380. The third-order valence-corrected chi connectivity index (χ3v) is 5.56. The lowest BCUT2D eigenvalue weighted by Gasteiger charge is -2.33. The fourth-order valence-corrected chi connectivity index (χ4v) is 4.14. The van der Waals surface area contributed by atoms with Crippen molar-refractivity contribution in [3.8, 4) is 0 Å². The molecule has 3 heteroatoms. The van der Waals surface area contributed by atoms with Gasteiger partial charge in [-0.1, -0.05) is 38.1 Å². The highest BCUT2D eigenvalue weighted by Crippen LogP contribution is 2.46. The number of benzene rings is 1. The van der Waals surface area contributed by atoms with Crippen molar-refractivity contribution in [1.82, 2.24) is 5.43 Å². The van der Waals surface area contributed by atoms with Crippen LogP contribution in [0.2, 0.25) is 0 Å². The van der Waals surface area contributed by atoms with Crippen molar-refractivity contribution in [2.75, 3.05) is 5.75 Å². The summed E-state index contributed by atoms with van der Waals surface area (Å²) in [5.74, 6) is 7.64. The Morgan fingerprint density at radius 2 is 1.83 bits per heavy atom. The van der Waals surface area contributed by atoms with E-state index in [2.05, 4.69) is 50.5 Å². The summed E-state index contributed by atoms with van der Waals surface area (Å²) in [7, 11) is 0. The molecule has 2 unspecified atom stereocenters. The molecule has 0 saturated carbocycles. The van der Waals surface area contributed by atoms with Crippen molar-refractivity contribution in [2.45, 2.75) is 50.3 Å². The third-order valence-electron chi connectivity index (χ3n) is 3.96. The van der Waals surface area contributed by atoms with E-state index in [1.54, 1.807) is 0 Å². The zero-order chi connectivity index (χ0) is 13.2. The van der Waals surface area contributed by atoms with E-state index < -0.39 is 0 Å². The highest BCUT2D eigenvalue weighted by molar-refractivity contribution is 8.00. The van der Waals surface area contributed by atoms with Crippen LogP contribution in [-0.2, 0) is 0 Å². The summed E-state index contributed by atoms with van der Waals surface area (Å²) in [5.41, 5.74) is 5.72. The molecule has 0 aliphatic carbocycles. The van der Waals surface area contributed by atoms with E-state index in [0.29, 0.717) is 5.92 Å². The first-order chi connectivity index (χ1) is 8.57. The normalized spacial score (nSPS) is 25.6. The first-order valence-corrected chi connectivity index (χ1v) is 7.75. The molecule has 1 aromatic rings. The van der Waals surface area contributed by atoms with Crippen LogP contribution in [0.1, 0.15) is 56.7 Å². The lowest BCUT2D eigenvalue weighted by atomic mass is 9.89. The Balaban J connectivity index is 2.22. The molecule has 2 rings (SSSR count). The molecule has 0 spiro atoms. The van der Waals surface area contributed by atoms with E-state index >= 15 is 0 Å². The minimum atomic E-state index is 0.230. The minimum absolute atomic E-state index is 0.230. The van der Waals surface area contributed by atoms with E-state index in [1.807, 2.05) is 11.8 Å². The zero-order valence-corrected chi connectivity index (χ0v) is 12.4. The van der Waals surface area contributed by atoms with Crippen LogP contribution < -0.4 is 11.3 Å². The Morgan fingerprint density at radius 1 is 1.22 bits per heavy atom. The van der Waals surface area contributed by atoms with Crippen LogP contribution in [0.3, 0.4) is 0 Å². The summed E-state index contributed by atoms with van der Waals surface area (Å²) in [6, 6.07) is 9.15. The first-order valence-electron chi connectivity index (χ1n) is 6.77. The molecule has 1 fully saturated rings. The summed E-state index contributed by atoms with van der Waals surface area (Å²) in [6.45, 7) is 6.77. The van der Waals surface area contributed by atoms with Crippen molar-refractivity contribution in [3.63, 3.8) is 0 Å². The predicted molar refractivity (Wildman–Crippen MR) is 80.7 cm³/mol. The van der Waals surface area contributed by atoms with E-state index in [4.69, 9.17) is 5.84 Å². The van der Waals surface area contributed by atoms with Crippen molar-refractivity contribution >= 4 is 11.8 Å². The highest BCUT2D eigenvalue weighted by Gasteiger charge is 2.38. The highest BCUT2D eigenvalue weighted by atomic mass is 32.2. The van der Waals surface area contributed by atoms with Gasteiger partial charge in [0.15, 0.2) is 0 Å². The van der Waals surface area contributed by atoms with Crippen LogP contribution in [0.25, 0.3) is 0 Å². The molecule has 0 radical (unpaired) electrons. The molecule has 2 atom stereocenters. The van der Waals surface area contributed by atoms with Gasteiger partial charge in [0, 0.05) is 4.75 Å². The van der Waals surface area contributed by atoms with Crippen molar-refractivity contribution in [3.05, 3.63) is 35.4 Å². The fraction of sp³-hybridized carbons (Fsp3) is 0.600. The van der Waals surface area contributed by atoms with E-state index in [9.17, 15) is 0 Å². The summed E-state index contributed by atoms with van der Waals surface area (Å²) >= 11 is 2.04. The number of rotatable bonds is 4. The van der Waals surface area contributed by atoms with Crippen molar-refractivity contribution in [2.24, 2.45) is 5.84 Å². The van der Waals surface area contributed by atoms with E-state index in [0.717, 1.165) is 0 Å². The molecule has 18 heavy (non-hydrogen) atoms. The van der Waals surface area contributed by atoms with Crippen LogP contribution in [0, 0.1) is 0 Å². The van der Waals surface area contributed by atoms with Crippen LogP contribution in [-0.4, -0.2) is 10.5 Å². The first kappa shape index (κ1) is 13.9. The molecule has 1 aliphatic rings. The summed E-state index contributed by atoms with van der Waals surface area (Å²) in [6.07, 6.45) is 2.53. The molecule has 0 aromatic heterocycles. The van der Waals surface area contributed by atoms with Gasteiger partial charge in [0.25, 0.3) is 0 Å². The van der Waals surface area contributed by atoms with Crippen LogP contribution in [0.4, 0.5) is 0 Å². The lowest BCUT2D eigenvalue weighted by Crippen LogP contribution is -2.41. The second kappa shape index (κ2) is 5.64. The number of hydrogen-bond acceptors (Lipinski definition) is 3. The number of nitrogens with one attached hydrogen (secondary N) is 1. The van der Waals surface area contributed by atoms with E-state index in [1.165, 1.54) is 29.7 Å². The molecule has 2 nitrogen and oxygen atoms in total. The van der Waals surface area contributed by atoms with Crippen molar-refractivity contribution in [1.29, 1.82) is 0 Å². The molecule has 1 heterocycles. The maximum Gasteiger partial charge on any atom is 0.0604 e. The molecule has 1 saturated heterocycles. The fourth-order valence-electron chi connectivity index (χ4n) is 2.73. The smallest absolute Gasteiger partial charge is 0.0604 e. The Hall–Kier alpha value is -0.510. The average molecular weight is 264 g/mol. The quantitative estimate of drug-likeness (QED) is 0.644. The van der Waals surface area contributed by atoms with Gasteiger partial charge in [0.05, 0.1) is 6.04 Å². The van der Waals surface area contributed by atoms with Gasteiger partial charge in [-0.05, 0) is 42.6 Å². The molecular weight excluding hydrogens is 240 g/mol. The monoisotopic (exact) mass is 264 g/mol. The molecule has 1 aliphatic heterocycles. The summed E-state index contributed by atoms with van der Waals surface area (Å²) in [5, 5.41) is 0. The van der Waals surface area contributed by atoms with Gasteiger partial charge in [-0.3, -0.25) is 11.3 Å². The maximum atomic E-state index is 5.80. The van der Waals surface area contributed by atoms with Gasteiger partial charge < -0.3 is 0 Å².